The lowest BCUT2D eigenvalue weighted by atomic mass is 9.95. The molecule has 1 unspecified atom stereocenters. The van der Waals surface area contributed by atoms with Crippen molar-refractivity contribution < 1.29 is 35.1 Å². The molecule has 0 aliphatic carbocycles. The Labute approximate surface area is 152 Å². The molecule has 1 atom stereocenters. The van der Waals surface area contributed by atoms with E-state index in [0.717, 1.165) is 18.2 Å². The molecular formula is C19H18O8. The van der Waals surface area contributed by atoms with E-state index >= 15 is 0 Å². The van der Waals surface area contributed by atoms with Gasteiger partial charge in [0, 0.05) is 11.6 Å². The third kappa shape index (κ3) is 2.89. The van der Waals surface area contributed by atoms with E-state index in [-0.39, 0.29) is 28.4 Å². The Morgan fingerprint density at radius 2 is 1.56 bits per heavy atom. The summed E-state index contributed by atoms with van der Waals surface area (Å²) < 4.78 is 5.47. The SMILES string of the molecule is CC(C)C(O)c1c(O)cc2oc(-c3ccc(O)c(O)c3)c(O)c(=O)c2c1O. The summed E-state index contributed by atoms with van der Waals surface area (Å²) in [4.78, 5) is 12.6. The van der Waals surface area contributed by atoms with Gasteiger partial charge in [-0.05, 0) is 24.1 Å². The first-order valence-corrected chi connectivity index (χ1v) is 8.08. The van der Waals surface area contributed by atoms with Crippen molar-refractivity contribution in [3.8, 4) is 40.1 Å². The number of hydrogen-bond donors (Lipinski definition) is 6. The number of aliphatic hydroxyl groups is 1. The van der Waals surface area contributed by atoms with Gasteiger partial charge in [0.15, 0.2) is 17.3 Å². The van der Waals surface area contributed by atoms with Crippen molar-refractivity contribution in [2.75, 3.05) is 0 Å². The van der Waals surface area contributed by atoms with E-state index in [9.17, 15) is 35.4 Å². The molecule has 0 radical (unpaired) electrons. The van der Waals surface area contributed by atoms with Gasteiger partial charge in [-0.25, -0.2) is 0 Å². The smallest absolute Gasteiger partial charge is 0.238 e. The van der Waals surface area contributed by atoms with Crippen LogP contribution in [0.15, 0.2) is 33.5 Å². The molecule has 0 bridgehead atoms. The Hall–Kier alpha value is -3.39. The number of phenolic OH excluding ortho intramolecular Hbond substituents is 4. The number of hydrogen-bond acceptors (Lipinski definition) is 8. The molecule has 1 aromatic heterocycles. The second-order valence-electron chi connectivity index (χ2n) is 6.53. The van der Waals surface area contributed by atoms with Crippen LogP contribution in [0.1, 0.15) is 25.5 Å². The lowest BCUT2D eigenvalue weighted by Gasteiger charge is -2.18. The molecule has 8 heteroatoms. The third-order valence-corrected chi connectivity index (χ3v) is 4.32. The van der Waals surface area contributed by atoms with Crippen molar-refractivity contribution in [3.63, 3.8) is 0 Å². The van der Waals surface area contributed by atoms with E-state index in [1.54, 1.807) is 13.8 Å². The minimum atomic E-state index is -1.25. The lowest BCUT2D eigenvalue weighted by Crippen LogP contribution is -2.09. The molecule has 0 saturated carbocycles. The average Bonchev–Trinajstić information content (AvgIpc) is 2.60. The van der Waals surface area contributed by atoms with Crippen LogP contribution in [-0.2, 0) is 0 Å². The van der Waals surface area contributed by atoms with Crippen molar-refractivity contribution in [2.45, 2.75) is 20.0 Å². The van der Waals surface area contributed by atoms with Crippen molar-refractivity contribution in [1.82, 2.24) is 0 Å². The lowest BCUT2D eigenvalue weighted by molar-refractivity contribution is 0.121. The summed E-state index contributed by atoms with van der Waals surface area (Å²) in [5.74, 6) is -3.57. The van der Waals surface area contributed by atoms with Crippen molar-refractivity contribution in [3.05, 3.63) is 40.1 Å². The summed E-state index contributed by atoms with van der Waals surface area (Å²) in [5.41, 5.74) is -1.35. The Kier molecular flexibility index (Phi) is 4.36. The normalized spacial score (nSPS) is 12.6. The molecule has 6 N–H and O–H groups in total. The van der Waals surface area contributed by atoms with Gasteiger partial charge in [0.1, 0.15) is 22.5 Å². The van der Waals surface area contributed by atoms with Crippen molar-refractivity contribution in [2.24, 2.45) is 5.92 Å². The maximum Gasteiger partial charge on any atom is 0.238 e. The van der Waals surface area contributed by atoms with Gasteiger partial charge in [-0.15, -0.1) is 0 Å². The Balaban J connectivity index is 2.34. The van der Waals surface area contributed by atoms with Gasteiger partial charge in [0.2, 0.25) is 11.2 Å². The van der Waals surface area contributed by atoms with E-state index in [1.165, 1.54) is 6.07 Å². The molecule has 2 aromatic carbocycles. The molecule has 0 amide bonds. The fourth-order valence-corrected chi connectivity index (χ4v) is 2.81. The zero-order valence-corrected chi connectivity index (χ0v) is 14.5. The Morgan fingerprint density at radius 3 is 2.15 bits per heavy atom. The molecule has 0 fully saturated rings. The molecule has 8 nitrogen and oxygen atoms in total. The monoisotopic (exact) mass is 374 g/mol. The van der Waals surface area contributed by atoms with Crippen LogP contribution in [0, 0.1) is 5.92 Å². The quantitative estimate of drug-likeness (QED) is 0.383. The number of aliphatic hydroxyl groups excluding tert-OH is 1. The summed E-state index contributed by atoms with van der Waals surface area (Å²) in [6.45, 7) is 3.32. The standard InChI is InChI=1S/C19H18O8/c1-7(2)15(23)13-11(22)6-12-14(16(13)24)17(25)18(26)19(27-12)8-3-4-9(20)10(21)5-8/h3-7,15,20-24,26H,1-2H3. The van der Waals surface area contributed by atoms with Gasteiger partial charge < -0.3 is 35.1 Å². The minimum Gasteiger partial charge on any atom is -0.507 e. The zero-order valence-electron chi connectivity index (χ0n) is 14.5. The molecular weight excluding hydrogens is 356 g/mol. The van der Waals surface area contributed by atoms with Crippen molar-refractivity contribution in [1.29, 1.82) is 0 Å². The second kappa shape index (κ2) is 6.40. The summed E-state index contributed by atoms with van der Waals surface area (Å²) in [6, 6.07) is 4.58. The highest BCUT2D eigenvalue weighted by molar-refractivity contribution is 5.90. The van der Waals surface area contributed by atoms with E-state index < -0.39 is 45.7 Å². The summed E-state index contributed by atoms with van der Waals surface area (Å²) in [7, 11) is 0. The topological polar surface area (TPSA) is 152 Å². The van der Waals surface area contributed by atoms with Crippen LogP contribution in [0.4, 0.5) is 0 Å². The summed E-state index contributed by atoms with van der Waals surface area (Å²) in [5, 5.41) is 59.7. The van der Waals surface area contributed by atoms with Crippen LogP contribution in [0.5, 0.6) is 28.7 Å². The molecule has 0 aliphatic rings. The molecule has 1 heterocycles. The number of rotatable bonds is 3. The average molecular weight is 374 g/mol. The van der Waals surface area contributed by atoms with Crippen LogP contribution in [0.2, 0.25) is 0 Å². The van der Waals surface area contributed by atoms with Gasteiger partial charge in [-0.2, -0.15) is 0 Å². The first-order chi connectivity index (χ1) is 12.6. The largest absolute Gasteiger partial charge is 0.507 e. The van der Waals surface area contributed by atoms with E-state index in [2.05, 4.69) is 0 Å². The highest BCUT2D eigenvalue weighted by Gasteiger charge is 2.27. The number of aromatic hydroxyl groups is 5. The Bertz CT molecular complexity index is 1100. The van der Waals surface area contributed by atoms with Crippen LogP contribution in [0.25, 0.3) is 22.3 Å². The first kappa shape index (κ1) is 18.4. The predicted octanol–water partition coefficient (Wildman–Crippen LogP) is 2.68. The van der Waals surface area contributed by atoms with Crippen molar-refractivity contribution >= 4 is 11.0 Å². The maximum absolute atomic E-state index is 12.6. The van der Waals surface area contributed by atoms with Gasteiger partial charge in [0.25, 0.3) is 0 Å². The predicted molar refractivity (Wildman–Crippen MR) is 96.0 cm³/mol. The molecule has 27 heavy (non-hydrogen) atoms. The first-order valence-electron chi connectivity index (χ1n) is 8.08. The van der Waals surface area contributed by atoms with Gasteiger partial charge in [0.05, 0.1) is 11.7 Å². The molecule has 0 saturated heterocycles. The molecule has 0 aliphatic heterocycles. The fourth-order valence-electron chi connectivity index (χ4n) is 2.81. The van der Waals surface area contributed by atoms with E-state index in [4.69, 9.17) is 4.42 Å². The molecule has 142 valence electrons. The maximum atomic E-state index is 12.6. The minimum absolute atomic E-state index is 0.0899. The Morgan fingerprint density at radius 1 is 0.889 bits per heavy atom. The molecule has 0 spiro atoms. The van der Waals surface area contributed by atoms with Gasteiger partial charge in [-0.3, -0.25) is 4.79 Å². The highest BCUT2D eigenvalue weighted by Crippen LogP contribution is 2.43. The molecule has 3 aromatic rings. The van der Waals surface area contributed by atoms with Crippen LogP contribution >= 0.6 is 0 Å². The summed E-state index contributed by atoms with van der Waals surface area (Å²) in [6.07, 6.45) is -1.25. The molecule has 3 rings (SSSR count). The third-order valence-electron chi connectivity index (χ3n) is 4.32. The van der Waals surface area contributed by atoms with Gasteiger partial charge in [-0.1, -0.05) is 13.8 Å². The zero-order chi connectivity index (χ0) is 20.0. The van der Waals surface area contributed by atoms with Crippen LogP contribution in [0.3, 0.4) is 0 Å². The summed E-state index contributed by atoms with van der Waals surface area (Å²) >= 11 is 0. The van der Waals surface area contributed by atoms with E-state index in [0.29, 0.717) is 0 Å². The number of fused-ring (bicyclic) bond motifs is 1. The van der Waals surface area contributed by atoms with Crippen LogP contribution < -0.4 is 5.43 Å². The van der Waals surface area contributed by atoms with Crippen LogP contribution in [-0.4, -0.2) is 30.6 Å². The fraction of sp³-hybridized carbons (Fsp3) is 0.211. The number of phenols is 4. The number of benzene rings is 2. The highest BCUT2D eigenvalue weighted by atomic mass is 16.4. The van der Waals surface area contributed by atoms with E-state index in [1.807, 2.05) is 0 Å². The van der Waals surface area contributed by atoms with Gasteiger partial charge >= 0.3 is 0 Å². The second-order valence-corrected chi connectivity index (χ2v) is 6.53.